The van der Waals surface area contributed by atoms with E-state index < -0.39 is 12.1 Å². The lowest BCUT2D eigenvalue weighted by Gasteiger charge is -2.11. The molecule has 1 atom stereocenters. The summed E-state index contributed by atoms with van der Waals surface area (Å²) in [6.07, 6.45) is -0.756. The lowest BCUT2D eigenvalue weighted by molar-refractivity contribution is 0.0277. The summed E-state index contributed by atoms with van der Waals surface area (Å²) in [5, 5.41) is 19.8. The summed E-state index contributed by atoms with van der Waals surface area (Å²) in [6.45, 7) is 1.64. The van der Waals surface area contributed by atoms with E-state index in [4.69, 9.17) is 9.15 Å². The van der Waals surface area contributed by atoms with Crippen LogP contribution in [-0.4, -0.2) is 21.3 Å². The van der Waals surface area contributed by atoms with Gasteiger partial charge in [-0.3, -0.25) is 0 Å². The van der Waals surface area contributed by atoms with E-state index in [1.807, 2.05) is 42.5 Å². The number of rotatable bonds is 4. The monoisotopic (exact) mass is 360 g/mol. The molecule has 0 bridgehead atoms. The number of phenolic OH excluding ortho intramolecular Hbond substituents is 1. The van der Waals surface area contributed by atoms with Crippen molar-refractivity contribution in [1.29, 1.82) is 0 Å². The van der Waals surface area contributed by atoms with Crippen molar-refractivity contribution in [1.82, 2.24) is 10.2 Å². The van der Waals surface area contributed by atoms with Crippen LogP contribution in [0.25, 0.3) is 22.2 Å². The van der Waals surface area contributed by atoms with Gasteiger partial charge in [0.25, 0.3) is 5.89 Å². The number of hydrogen-bond acceptors (Lipinski definition) is 6. The van der Waals surface area contributed by atoms with Crippen LogP contribution < -0.4 is 0 Å². The van der Waals surface area contributed by atoms with Crippen LogP contribution in [0.4, 0.5) is 0 Å². The van der Waals surface area contributed by atoms with Crippen LogP contribution in [0.15, 0.2) is 71.1 Å². The fourth-order valence-electron chi connectivity index (χ4n) is 2.79. The van der Waals surface area contributed by atoms with Crippen LogP contribution in [0.2, 0.25) is 0 Å². The van der Waals surface area contributed by atoms with E-state index >= 15 is 0 Å². The van der Waals surface area contributed by atoms with Gasteiger partial charge in [-0.2, -0.15) is 0 Å². The third-order valence-corrected chi connectivity index (χ3v) is 4.21. The zero-order valence-corrected chi connectivity index (χ0v) is 14.5. The average molecular weight is 360 g/mol. The van der Waals surface area contributed by atoms with Crippen molar-refractivity contribution in [3.63, 3.8) is 0 Å². The number of nitrogens with zero attached hydrogens (tertiary/aromatic N) is 2. The van der Waals surface area contributed by atoms with E-state index in [0.29, 0.717) is 11.3 Å². The minimum Gasteiger partial charge on any atom is -0.506 e. The summed E-state index contributed by atoms with van der Waals surface area (Å²) < 4.78 is 11.0. The van der Waals surface area contributed by atoms with Gasteiger partial charge in [-0.25, -0.2) is 4.79 Å². The first-order valence-corrected chi connectivity index (χ1v) is 8.44. The van der Waals surface area contributed by atoms with Crippen molar-refractivity contribution in [2.45, 2.75) is 13.0 Å². The molecule has 0 saturated heterocycles. The first-order valence-electron chi connectivity index (χ1n) is 8.44. The molecule has 4 rings (SSSR count). The predicted octanol–water partition coefficient (Wildman–Crippen LogP) is 4.51. The first kappa shape index (κ1) is 16.8. The largest absolute Gasteiger partial charge is 0.506 e. The van der Waals surface area contributed by atoms with Gasteiger partial charge in [-0.05, 0) is 30.5 Å². The zero-order chi connectivity index (χ0) is 18.8. The van der Waals surface area contributed by atoms with Gasteiger partial charge in [-0.15, -0.1) is 10.2 Å². The number of esters is 1. The molecule has 3 aromatic carbocycles. The molecule has 1 aromatic heterocycles. The van der Waals surface area contributed by atoms with Crippen molar-refractivity contribution >= 4 is 16.7 Å². The summed E-state index contributed by atoms with van der Waals surface area (Å²) in [6, 6.07) is 19.9. The first-order chi connectivity index (χ1) is 13.1. The summed E-state index contributed by atoms with van der Waals surface area (Å²) in [5.74, 6) is -0.240. The summed E-state index contributed by atoms with van der Waals surface area (Å²) >= 11 is 0. The van der Waals surface area contributed by atoms with Crippen LogP contribution in [0.3, 0.4) is 0 Å². The number of carbonyl (C=O) groups excluding carboxylic acids is 1. The fraction of sp³-hybridized carbons (Fsp3) is 0.0952. The molecule has 6 nitrogen and oxygen atoms in total. The number of hydrogen-bond donors (Lipinski definition) is 1. The van der Waals surface area contributed by atoms with Crippen LogP contribution in [0, 0.1) is 0 Å². The maximum Gasteiger partial charge on any atom is 0.342 e. The molecule has 0 aliphatic heterocycles. The minimum atomic E-state index is -0.756. The third-order valence-electron chi connectivity index (χ3n) is 4.21. The molecule has 1 N–H and O–H groups in total. The lowest BCUT2D eigenvalue weighted by atomic mass is 10.1. The third kappa shape index (κ3) is 3.25. The van der Waals surface area contributed by atoms with Crippen LogP contribution in [-0.2, 0) is 4.74 Å². The quantitative estimate of drug-likeness (QED) is 0.539. The lowest BCUT2D eigenvalue weighted by Crippen LogP contribution is -2.10. The second-order valence-corrected chi connectivity index (χ2v) is 6.04. The van der Waals surface area contributed by atoms with Crippen molar-refractivity contribution in [2.75, 3.05) is 0 Å². The number of aromatic nitrogens is 2. The molecule has 134 valence electrons. The SMILES string of the molecule is C[C@H](OC(=O)c1ccc2ccccc2c1O)c1nnc(-c2ccccc2)o1. The highest BCUT2D eigenvalue weighted by Gasteiger charge is 2.22. The Balaban J connectivity index is 1.55. The van der Waals surface area contributed by atoms with Gasteiger partial charge in [0.15, 0.2) is 6.10 Å². The number of phenols is 1. The van der Waals surface area contributed by atoms with Crippen LogP contribution in [0.1, 0.15) is 29.3 Å². The summed E-state index contributed by atoms with van der Waals surface area (Å²) in [5.41, 5.74) is 0.866. The molecule has 1 heterocycles. The Hall–Kier alpha value is -3.67. The normalized spacial score (nSPS) is 12.0. The van der Waals surface area contributed by atoms with E-state index in [-0.39, 0.29) is 17.2 Å². The van der Waals surface area contributed by atoms with Crippen molar-refractivity contribution < 1.29 is 19.1 Å². The molecule has 0 radical (unpaired) electrons. The van der Waals surface area contributed by atoms with E-state index in [1.165, 1.54) is 6.07 Å². The Kier molecular flexibility index (Phi) is 4.30. The van der Waals surface area contributed by atoms with Crippen molar-refractivity contribution in [3.8, 4) is 17.2 Å². The van der Waals surface area contributed by atoms with Gasteiger partial charge in [0.05, 0.1) is 0 Å². The molecule has 0 spiro atoms. The Morgan fingerprint density at radius 3 is 2.56 bits per heavy atom. The van der Waals surface area contributed by atoms with Crippen molar-refractivity contribution in [3.05, 3.63) is 78.2 Å². The van der Waals surface area contributed by atoms with Gasteiger partial charge in [0.1, 0.15) is 11.3 Å². The number of fused-ring (bicyclic) bond motifs is 1. The highest BCUT2D eigenvalue weighted by molar-refractivity contribution is 6.01. The Morgan fingerprint density at radius 1 is 1.00 bits per heavy atom. The molecule has 0 fully saturated rings. The van der Waals surface area contributed by atoms with Gasteiger partial charge in [-0.1, -0.05) is 48.5 Å². The summed E-state index contributed by atoms with van der Waals surface area (Å²) in [4.78, 5) is 12.5. The second-order valence-electron chi connectivity index (χ2n) is 6.04. The van der Waals surface area contributed by atoms with Crippen molar-refractivity contribution in [2.24, 2.45) is 0 Å². The Bertz CT molecular complexity index is 1110. The minimum absolute atomic E-state index is 0.0864. The topological polar surface area (TPSA) is 85.5 Å². The number of carbonyl (C=O) groups is 1. The molecule has 0 aliphatic carbocycles. The van der Waals surface area contributed by atoms with E-state index in [9.17, 15) is 9.90 Å². The molecule has 27 heavy (non-hydrogen) atoms. The average Bonchev–Trinajstić information content (AvgIpc) is 3.19. The Labute approximate surface area is 155 Å². The van der Waals surface area contributed by atoms with Gasteiger partial charge >= 0.3 is 5.97 Å². The molecular weight excluding hydrogens is 344 g/mol. The maximum atomic E-state index is 12.5. The molecule has 4 aromatic rings. The highest BCUT2D eigenvalue weighted by atomic mass is 16.6. The second kappa shape index (κ2) is 6.92. The number of benzene rings is 3. The van der Waals surface area contributed by atoms with E-state index in [1.54, 1.807) is 25.1 Å². The predicted molar refractivity (Wildman–Crippen MR) is 99.2 cm³/mol. The van der Waals surface area contributed by atoms with E-state index in [2.05, 4.69) is 10.2 Å². The number of ether oxygens (including phenoxy) is 1. The highest BCUT2D eigenvalue weighted by Crippen LogP contribution is 2.30. The van der Waals surface area contributed by atoms with Crippen LogP contribution in [0.5, 0.6) is 5.75 Å². The fourth-order valence-corrected chi connectivity index (χ4v) is 2.79. The Morgan fingerprint density at radius 2 is 1.74 bits per heavy atom. The zero-order valence-electron chi connectivity index (χ0n) is 14.5. The molecule has 6 heteroatoms. The van der Waals surface area contributed by atoms with E-state index in [0.717, 1.165) is 10.9 Å². The molecule has 0 saturated carbocycles. The molecule has 0 amide bonds. The van der Waals surface area contributed by atoms with Gasteiger partial charge in [0.2, 0.25) is 5.89 Å². The van der Waals surface area contributed by atoms with Gasteiger partial charge < -0.3 is 14.3 Å². The molecular formula is C21H16N2O4. The number of aromatic hydroxyl groups is 1. The summed E-state index contributed by atoms with van der Waals surface area (Å²) in [7, 11) is 0. The smallest absolute Gasteiger partial charge is 0.342 e. The molecule has 0 aliphatic rings. The van der Waals surface area contributed by atoms with Gasteiger partial charge in [0, 0.05) is 10.9 Å². The molecule has 0 unspecified atom stereocenters. The standard InChI is InChI=1S/C21H16N2O4/c1-13(19-22-23-20(27-19)15-8-3-2-4-9-15)26-21(25)17-12-11-14-7-5-6-10-16(14)18(17)24/h2-13,24H,1H3/t13-/m0/s1. The maximum absolute atomic E-state index is 12.5. The van der Waals surface area contributed by atoms with Crippen LogP contribution >= 0.6 is 0 Å².